The Morgan fingerprint density at radius 2 is 1.94 bits per heavy atom. The Balaban J connectivity index is 1.86. The van der Waals surface area contributed by atoms with Crippen molar-refractivity contribution in [1.82, 2.24) is 14.9 Å². The van der Waals surface area contributed by atoms with Gasteiger partial charge in [0.1, 0.15) is 11.3 Å². The number of furan rings is 1. The molecular formula is C12H13Cl2N3O. The molecule has 1 saturated heterocycles. The van der Waals surface area contributed by atoms with Crippen LogP contribution in [0.4, 0.5) is 0 Å². The van der Waals surface area contributed by atoms with Gasteiger partial charge in [0, 0.05) is 6.07 Å². The number of rotatable bonds is 2. The predicted octanol–water partition coefficient (Wildman–Crippen LogP) is 3.52. The van der Waals surface area contributed by atoms with Gasteiger partial charge in [-0.15, -0.1) is 0 Å². The first-order valence-corrected chi connectivity index (χ1v) is 6.82. The number of halogens is 2. The third-order valence-electron chi connectivity index (χ3n) is 3.18. The zero-order valence-electron chi connectivity index (χ0n) is 9.83. The number of hydrogen-bond acceptors (Lipinski definition) is 4. The maximum Gasteiger partial charge on any atom is 0.224 e. The molecule has 1 fully saturated rings. The van der Waals surface area contributed by atoms with Gasteiger partial charge < -0.3 is 4.42 Å². The third-order valence-corrected chi connectivity index (χ3v) is 3.61. The molecule has 18 heavy (non-hydrogen) atoms. The summed E-state index contributed by atoms with van der Waals surface area (Å²) >= 11 is 11.7. The molecule has 3 heterocycles. The zero-order chi connectivity index (χ0) is 12.5. The lowest BCUT2D eigenvalue weighted by Crippen LogP contribution is -2.28. The van der Waals surface area contributed by atoms with Gasteiger partial charge in [0.15, 0.2) is 10.7 Å². The van der Waals surface area contributed by atoms with Gasteiger partial charge >= 0.3 is 0 Å². The summed E-state index contributed by atoms with van der Waals surface area (Å²) in [6.45, 7) is 3.04. The number of nitrogens with zero attached hydrogens (tertiary/aromatic N) is 3. The molecule has 2 aromatic heterocycles. The Kier molecular flexibility index (Phi) is 3.41. The number of piperidine rings is 1. The molecule has 0 unspecified atom stereocenters. The van der Waals surface area contributed by atoms with Crippen LogP contribution in [-0.2, 0) is 6.54 Å². The number of likely N-dealkylation sites (tertiary alicyclic amines) is 1. The molecular weight excluding hydrogens is 273 g/mol. The highest BCUT2D eigenvalue weighted by atomic mass is 35.5. The smallest absolute Gasteiger partial charge is 0.224 e. The number of aromatic nitrogens is 2. The molecule has 6 heteroatoms. The van der Waals surface area contributed by atoms with E-state index in [0.717, 1.165) is 25.4 Å². The molecule has 1 aliphatic heterocycles. The number of fused-ring (bicyclic) bond motifs is 1. The highest BCUT2D eigenvalue weighted by Gasteiger charge is 2.15. The van der Waals surface area contributed by atoms with Crippen molar-refractivity contribution >= 4 is 34.3 Å². The van der Waals surface area contributed by atoms with Gasteiger partial charge in [0.25, 0.3) is 0 Å². The Morgan fingerprint density at radius 1 is 1.17 bits per heavy atom. The molecule has 0 N–H and O–H groups in total. The lowest BCUT2D eigenvalue weighted by atomic mass is 10.1. The van der Waals surface area contributed by atoms with Gasteiger partial charge in [0.05, 0.1) is 6.54 Å². The second-order valence-electron chi connectivity index (χ2n) is 4.55. The van der Waals surface area contributed by atoms with Crippen molar-refractivity contribution < 1.29 is 4.42 Å². The quantitative estimate of drug-likeness (QED) is 0.625. The second kappa shape index (κ2) is 5.03. The summed E-state index contributed by atoms with van der Waals surface area (Å²) in [5, 5.41) is 0.424. The van der Waals surface area contributed by atoms with E-state index < -0.39 is 0 Å². The van der Waals surface area contributed by atoms with Crippen LogP contribution >= 0.6 is 23.2 Å². The highest BCUT2D eigenvalue weighted by molar-refractivity contribution is 6.35. The molecule has 96 valence electrons. The molecule has 1 aliphatic rings. The Morgan fingerprint density at radius 3 is 2.72 bits per heavy atom. The first-order chi connectivity index (χ1) is 8.72. The standard InChI is InChI=1S/C12H13Cl2N3O/c13-11-10-9(15-12(14)16-11)6-8(18-10)7-17-4-2-1-3-5-17/h6H,1-5,7H2. The van der Waals surface area contributed by atoms with Crippen molar-refractivity contribution in [2.24, 2.45) is 0 Å². The summed E-state index contributed by atoms with van der Waals surface area (Å²) in [7, 11) is 0. The van der Waals surface area contributed by atoms with Crippen LogP contribution in [0.3, 0.4) is 0 Å². The van der Waals surface area contributed by atoms with Crippen molar-refractivity contribution in [3.8, 4) is 0 Å². The predicted molar refractivity (Wildman–Crippen MR) is 71.0 cm³/mol. The van der Waals surface area contributed by atoms with E-state index in [1.807, 2.05) is 6.07 Å². The summed E-state index contributed by atoms with van der Waals surface area (Å²) < 4.78 is 5.70. The zero-order valence-corrected chi connectivity index (χ0v) is 11.3. The molecule has 3 rings (SSSR count). The van der Waals surface area contributed by atoms with Crippen LogP contribution < -0.4 is 0 Å². The minimum Gasteiger partial charge on any atom is -0.455 e. The average molecular weight is 286 g/mol. The van der Waals surface area contributed by atoms with E-state index >= 15 is 0 Å². The summed E-state index contributed by atoms with van der Waals surface area (Å²) in [6.07, 6.45) is 3.84. The fraction of sp³-hybridized carbons (Fsp3) is 0.500. The fourth-order valence-electron chi connectivity index (χ4n) is 2.33. The Labute approximate surface area is 115 Å². The lowest BCUT2D eigenvalue weighted by Gasteiger charge is -2.25. The molecule has 2 aromatic rings. The Bertz CT molecular complexity index is 564. The highest BCUT2D eigenvalue weighted by Crippen LogP contribution is 2.26. The SMILES string of the molecule is Clc1nc(Cl)c2oc(CN3CCCCC3)cc2n1. The summed E-state index contributed by atoms with van der Waals surface area (Å²) in [6, 6.07) is 1.89. The summed E-state index contributed by atoms with van der Waals surface area (Å²) in [5.41, 5.74) is 1.19. The van der Waals surface area contributed by atoms with Crippen LogP contribution in [-0.4, -0.2) is 28.0 Å². The Hall–Kier alpha value is -0.840. The van der Waals surface area contributed by atoms with E-state index in [1.54, 1.807) is 0 Å². The first kappa shape index (κ1) is 12.2. The summed E-state index contributed by atoms with van der Waals surface area (Å²) in [5.74, 6) is 0.866. The van der Waals surface area contributed by atoms with Gasteiger partial charge in [-0.2, -0.15) is 0 Å². The van der Waals surface area contributed by atoms with Crippen LogP contribution in [0.1, 0.15) is 25.0 Å². The van der Waals surface area contributed by atoms with Gasteiger partial charge in [0.2, 0.25) is 5.28 Å². The molecule has 0 radical (unpaired) electrons. The van der Waals surface area contributed by atoms with Crippen molar-refractivity contribution in [3.63, 3.8) is 0 Å². The molecule has 0 saturated carbocycles. The van der Waals surface area contributed by atoms with Crippen LogP contribution in [0, 0.1) is 0 Å². The minimum atomic E-state index is 0.151. The maximum absolute atomic E-state index is 5.98. The van der Waals surface area contributed by atoms with E-state index in [-0.39, 0.29) is 10.4 Å². The minimum absolute atomic E-state index is 0.151. The van der Waals surface area contributed by atoms with Crippen molar-refractivity contribution in [2.45, 2.75) is 25.8 Å². The van der Waals surface area contributed by atoms with Crippen LogP contribution in [0.15, 0.2) is 10.5 Å². The van der Waals surface area contributed by atoms with Gasteiger partial charge in [-0.05, 0) is 37.5 Å². The summed E-state index contributed by atoms with van der Waals surface area (Å²) in [4.78, 5) is 10.4. The van der Waals surface area contributed by atoms with Crippen molar-refractivity contribution in [3.05, 3.63) is 22.3 Å². The molecule has 0 aliphatic carbocycles. The van der Waals surface area contributed by atoms with Crippen LogP contribution in [0.5, 0.6) is 0 Å². The molecule has 0 amide bonds. The van der Waals surface area contributed by atoms with Crippen LogP contribution in [0.2, 0.25) is 10.4 Å². The van der Waals surface area contributed by atoms with Crippen molar-refractivity contribution in [2.75, 3.05) is 13.1 Å². The molecule has 4 nitrogen and oxygen atoms in total. The number of hydrogen-bond donors (Lipinski definition) is 0. The third kappa shape index (κ3) is 2.46. The first-order valence-electron chi connectivity index (χ1n) is 6.06. The second-order valence-corrected chi connectivity index (χ2v) is 5.24. The molecule has 0 bridgehead atoms. The van der Waals surface area contributed by atoms with E-state index in [9.17, 15) is 0 Å². The molecule has 0 atom stereocenters. The lowest BCUT2D eigenvalue weighted by molar-refractivity contribution is 0.207. The van der Waals surface area contributed by atoms with E-state index in [1.165, 1.54) is 19.3 Å². The molecule has 0 spiro atoms. The normalized spacial score (nSPS) is 17.4. The fourth-order valence-corrected chi connectivity index (χ4v) is 2.77. The van der Waals surface area contributed by atoms with Gasteiger partial charge in [-0.1, -0.05) is 18.0 Å². The van der Waals surface area contributed by atoms with E-state index in [0.29, 0.717) is 11.1 Å². The van der Waals surface area contributed by atoms with Crippen LogP contribution in [0.25, 0.3) is 11.1 Å². The maximum atomic E-state index is 5.98. The average Bonchev–Trinajstić information content (AvgIpc) is 2.73. The topological polar surface area (TPSA) is 42.2 Å². The van der Waals surface area contributed by atoms with Gasteiger partial charge in [-0.3, -0.25) is 4.90 Å². The van der Waals surface area contributed by atoms with E-state index in [4.69, 9.17) is 27.6 Å². The largest absolute Gasteiger partial charge is 0.455 e. The van der Waals surface area contributed by atoms with E-state index in [2.05, 4.69) is 14.9 Å². The monoisotopic (exact) mass is 285 g/mol. The molecule has 0 aromatic carbocycles. The van der Waals surface area contributed by atoms with Gasteiger partial charge in [-0.25, -0.2) is 9.97 Å². The van der Waals surface area contributed by atoms with Crippen molar-refractivity contribution in [1.29, 1.82) is 0 Å².